The van der Waals surface area contributed by atoms with Gasteiger partial charge in [-0.25, -0.2) is 9.37 Å². The van der Waals surface area contributed by atoms with Crippen molar-refractivity contribution in [3.8, 4) is 0 Å². The normalized spacial score (nSPS) is 21.2. The summed E-state index contributed by atoms with van der Waals surface area (Å²) >= 11 is 0. The van der Waals surface area contributed by atoms with Crippen LogP contribution in [0.25, 0.3) is 0 Å². The molecule has 25 heavy (non-hydrogen) atoms. The van der Waals surface area contributed by atoms with Gasteiger partial charge >= 0.3 is 0 Å². The van der Waals surface area contributed by atoms with Gasteiger partial charge in [0.25, 0.3) is 0 Å². The predicted molar refractivity (Wildman–Crippen MR) is 97.3 cm³/mol. The number of nitrogens with one attached hydrogen (secondary N) is 2. The highest BCUT2D eigenvalue weighted by Gasteiger charge is 2.60. The highest BCUT2D eigenvalue weighted by molar-refractivity contribution is 5.86. The Kier molecular flexibility index (Phi) is 4.43. The van der Waals surface area contributed by atoms with E-state index in [1.807, 2.05) is 19.1 Å². The largest absolute Gasteiger partial charge is 0.328 e. The van der Waals surface area contributed by atoms with Gasteiger partial charge in [-0.3, -0.25) is 10.1 Å². The van der Waals surface area contributed by atoms with Gasteiger partial charge < -0.3 is 4.98 Å². The second kappa shape index (κ2) is 6.28. The summed E-state index contributed by atoms with van der Waals surface area (Å²) in [6.45, 7) is 9.95. The second-order valence-corrected chi connectivity index (χ2v) is 7.65. The molecule has 1 heterocycles. The molecule has 0 radical (unpaired) electrons. The number of carbonyl (C=O) groups excluding carboxylic acids is 1. The molecule has 4 nitrogen and oxygen atoms in total. The van der Waals surface area contributed by atoms with Gasteiger partial charge in [0.1, 0.15) is 5.82 Å². The van der Waals surface area contributed by atoms with Crippen LogP contribution in [0.2, 0.25) is 0 Å². The Morgan fingerprint density at radius 1 is 1.36 bits per heavy atom. The van der Waals surface area contributed by atoms with Crippen molar-refractivity contribution in [3.63, 3.8) is 0 Å². The first-order chi connectivity index (χ1) is 11.8. The first kappa shape index (κ1) is 17.6. The van der Waals surface area contributed by atoms with E-state index < -0.39 is 0 Å². The van der Waals surface area contributed by atoms with Crippen LogP contribution >= 0.6 is 0 Å². The van der Waals surface area contributed by atoms with E-state index in [0.717, 1.165) is 29.8 Å². The first-order valence-corrected chi connectivity index (χ1v) is 8.88. The minimum atomic E-state index is -0.144. The topological polar surface area (TPSA) is 57.8 Å². The Bertz CT molecular complexity index is 809. The van der Waals surface area contributed by atoms with Crippen molar-refractivity contribution in [1.29, 1.82) is 0 Å². The zero-order valence-electron chi connectivity index (χ0n) is 15.5. The molecule has 0 spiro atoms. The van der Waals surface area contributed by atoms with Crippen LogP contribution in [0, 0.1) is 18.2 Å². The molecule has 1 amide bonds. The van der Waals surface area contributed by atoms with Gasteiger partial charge in [0.15, 0.2) is 0 Å². The number of nitrogens with zero attached hydrogens (tertiary/aromatic N) is 1. The molecule has 1 aliphatic rings. The molecule has 1 aromatic heterocycles. The summed E-state index contributed by atoms with van der Waals surface area (Å²) < 4.78 is 14.0. The molecule has 0 saturated heterocycles. The van der Waals surface area contributed by atoms with Crippen molar-refractivity contribution in [2.45, 2.75) is 59.3 Å². The number of rotatable bonds is 5. The Morgan fingerprint density at radius 2 is 2.08 bits per heavy atom. The maximum atomic E-state index is 14.0. The van der Waals surface area contributed by atoms with Crippen LogP contribution in [0.4, 0.5) is 10.3 Å². The number of benzene rings is 1. The fourth-order valence-corrected chi connectivity index (χ4v) is 4.02. The zero-order chi connectivity index (χ0) is 18.4. The van der Waals surface area contributed by atoms with Crippen LogP contribution in [0.1, 0.15) is 68.5 Å². The molecule has 3 rings (SSSR count). The Labute approximate surface area is 148 Å². The van der Waals surface area contributed by atoms with Crippen molar-refractivity contribution < 1.29 is 9.18 Å². The average Bonchev–Trinajstić information content (AvgIpc) is 2.89. The number of hydrogen-bond acceptors (Lipinski definition) is 2. The molecule has 1 aliphatic carbocycles. The smallest absolute Gasteiger partial charge is 0.223 e. The third-order valence-corrected chi connectivity index (χ3v) is 5.29. The summed E-state index contributed by atoms with van der Waals surface area (Å²) in [5, 5.41) is 2.71. The van der Waals surface area contributed by atoms with E-state index in [0.29, 0.717) is 11.9 Å². The van der Waals surface area contributed by atoms with Crippen molar-refractivity contribution in [2.75, 3.05) is 5.32 Å². The fraction of sp³-hybridized carbons (Fsp3) is 0.500. The minimum Gasteiger partial charge on any atom is -0.328 e. The highest BCUT2D eigenvalue weighted by Crippen LogP contribution is 2.70. The lowest BCUT2D eigenvalue weighted by atomic mass is 9.99. The van der Waals surface area contributed by atoms with Crippen LogP contribution in [-0.4, -0.2) is 15.9 Å². The van der Waals surface area contributed by atoms with Gasteiger partial charge in [-0.1, -0.05) is 39.3 Å². The van der Waals surface area contributed by atoms with Crippen LogP contribution in [0.3, 0.4) is 0 Å². The van der Waals surface area contributed by atoms with Gasteiger partial charge in [0.2, 0.25) is 11.9 Å². The van der Waals surface area contributed by atoms with Crippen LogP contribution in [-0.2, 0) is 11.2 Å². The Balaban J connectivity index is 1.91. The number of halogens is 1. The number of aromatic nitrogens is 2. The van der Waals surface area contributed by atoms with E-state index in [1.54, 1.807) is 6.07 Å². The molecule has 1 saturated carbocycles. The molecule has 1 aromatic carbocycles. The van der Waals surface area contributed by atoms with E-state index >= 15 is 0 Å². The number of amides is 1. The molecule has 5 heteroatoms. The summed E-state index contributed by atoms with van der Waals surface area (Å²) in [5.74, 6) is 0.786. The van der Waals surface area contributed by atoms with Crippen molar-refractivity contribution >= 4 is 11.9 Å². The lowest BCUT2D eigenvalue weighted by Gasteiger charge is -2.07. The molecular weight excluding hydrogens is 317 g/mol. The molecule has 0 bridgehead atoms. The summed E-state index contributed by atoms with van der Waals surface area (Å²) in [4.78, 5) is 19.0. The number of H-pyrrole nitrogens is 1. The minimum absolute atomic E-state index is 0.0504. The summed E-state index contributed by atoms with van der Waals surface area (Å²) in [5.41, 5.74) is 3.97. The number of anilines is 1. The van der Waals surface area contributed by atoms with Crippen molar-refractivity contribution in [1.82, 2.24) is 9.97 Å². The fourth-order valence-electron chi connectivity index (χ4n) is 4.02. The molecule has 2 N–H and O–H groups in total. The van der Waals surface area contributed by atoms with Crippen LogP contribution in [0.15, 0.2) is 18.2 Å². The SMILES string of the molecule is CCCc1cc([C@@H]2[C@@H](c3nc(NC(C)=O)[nH]c3C)C2(C)C)ccc1F. The molecular formula is C20H26FN3O. The van der Waals surface area contributed by atoms with Crippen LogP contribution in [0.5, 0.6) is 0 Å². The lowest BCUT2D eigenvalue weighted by Crippen LogP contribution is -2.07. The van der Waals surface area contributed by atoms with Gasteiger partial charge in [-0.05, 0) is 41.9 Å². The maximum absolute atomic E-state index is 14.0. The third kappa shape index (κ3) is 3.20. The van der Waals surface area contributed by atoms with E-state index in [2.05, 4.69) is 36.1 Å². The zero-order valence-corrected chi connectivity index (χ0v) is 15.5. The molecule has 2 aromatic rings. The van der Waals surface area contributed by atoms with Gasteiger partial charge in [0, 0.05) is 18.5 Å². The molecule has 2 atom stereocenters. The molecule has 134 valence electrons. The van der Waals surface area contributed by atoms with Crippen LogP contribution < -0.4 is 5.32 Å². The maximum Gasteiger partial charge on any atom is 0.223 e. The predicted octanol–water partition coefficient (Wildman–Crippen LogP) is 4.68. The Hall–Kier alpha value is -2.17. The summed E-state index contributed by atoms with van der Waals surface area (Å²) in [6, 6.07) is 5.51. The number of carbonyl (C=O) groups is 1. The third-order valence-electron chi connectivity index (χ3n) is 5.29. The molecule has 1 fully saturated rings. The second-order valence-electron chi connectivity index (χ2n) is 7.65. The Morgan fingerprint density at radius 3 is 2.72 bits per heavy atom. The number of aromatic amines is 1. The van der Waals surface area contributed by atoms with Crippen molar-refractivity contribution in [3.05, 3.63) is 46.5 Å². The van der Waals surface area contributed by atoms with E-state index in [1.165, 1.54) is 12.5 Å². The number of aryl methyl sites for hydroxylation is 2. The van der Waals surface area contributed by atoms with Crippen molar-refractivity contribution in [2.24, 2.45) is 5.41 Å². The summed E-state index contributed by atoms with van der Waals surface area (Å²) in [7, 11) is 0. The quantitative estimate of drug-likeness (QED) is 0.828. The van der Waals surface area contributed by atoms with Gasteiger partial charge in [-0.2, -0.15) is 0 Å². The number of imidazole rings is 1. The standard InChI is InChI=1S/C20H26FN3O/c1-6-7-13-10-14(8-9-15(13)21)16-17(20(16,4)5)18-11(2)22-19(24-18)23-12(3)25/h8-10,16-17H,6-7H2,1-5H3,(H2,22,23,24,25)/t16-,17+/m1/s1. The summed E-state index contributed by atoms with van der Waals surface area (Å²) in [6.07, 6.45) is 1.68. The molecule has 0 aliphatic heterocycles. The van der Waals surface area contributed by atoms with E-state index in [9.17, 15) is 9.18 Å². The highest BCUT2D eigenvalue weighted by atomic mass is 19.1. The van der Waals surface area contributed by atoms with Gasteiger partial charge in [0.05, 0.1) is 5.69 Å². The monoisotopic (exact) mass is 343 g/mol. The molecule has 0 unspecified atom stereocenters. The first-order valence-electron chi connectivity index (χ1n) is 8.88. The van der Waals surface area contributed by atoms with Gasteiger partial charge in [-0.15, -0.1) is 0 Å². The average molecular weight is 343 g/mol. The van der Waals surface area contributed by atoms with E-state index in [-0.39, 0.29) is 23.1 Å². The number of hydrogen-bond donors (Lipinski definition) is 2. The lowest BCUT2D eigenvalue weighted by molar-refractivity contribution is -0.114. The van der Waals surface area contributed by atoms with E-state index in [4.69, 9.17) is 0 Å².